The van der Waals surface area contributed by atoms with Crippen molar-refractivity contribution in [3.8, 4) is 0 Å². The number of hydrogen-bond acceptors (Lipinski definition) is 5. The van der Waals surface area contributed by atoms with Crippen molar-refractivity contribution in [3.05, 3.63) is 12.4 Å². The van der Waals surface area contributed by atoms with E-state index in [-0.39, 0.29) is 18.2 Å². The summed E-state index contributed by atoms with van der Waals surface area (Å²) in [5, 5.41) is 12.2. The lowest BCUT2D eigenvalue weighted by atomic mass is 10.0. The van der Waals surface area contributed by atoms with E-state index < -0.39 is 6.10 Å². The Morgan fingerprint density at radius 2 is 1.94 bits per heavy atom. The van der Waals surface area contributed by atoms with Crippen molar-refractivity contribution >= 4 is 17.5 Å². The molecule has 1 aromatic rings. The number of nitrogens with zero attached hydrogens (tertiary/aromatic N) is 3. The number of aliphatic hydroxyl groups is 1. The topological polar surface area (TPSA) is 78.3 Å². The first-order valence-electron chi connectivity index (χ1n) is 5.87. The molecule has 0 saturated carbocycles. The maximum Gasteiger partial charge on any atom is 0.227 e. The van der Waals surface area contributed by atoms with Gasteiger partial charge < -0.3 is 15.3 Å². The van der Waals surface area contributed by atoms with Crippen molar-refractivity contribution in [2.75, 3.05) is 24.3 Å². The Labute approximate surface area is 107 Å². The SMILES string of the molecule is CC(C)C(O)CC(=O)Nc1cnc(N(C)C)nc1. The first-order valence-corrected chi connectivity index (χ1v) is 5.87. The zero-order chi connectivity index (χ0) is 13.7. The quantitative estimate of drug-likeness (QED) is 0.813. The summed E-state index contributed by atoms with van der Waals surface area (Å²) >= 11 is 0. The molecule has 100 valence electrons. The molecule has 6 nitrogen and oxygen atoms in total. The van der Waals surface area contributed by atoms with Crippen molar-refractivity contribution in [1.82, 2.24) is 9.97 Å². The molecule has 0 aliphatic heterocycles. The van der Waals surface area contributed by atoms with Crippen LogP contribution in [0.5, 0.6) is 0 Å². The van der Waals surface area contributed by atoms with Crippen LogP contribution in [0.1, 0.15) is 20.3 Å². The van der Waals surface area contributed by atoms with Crippen LogP contribution in [-0.2, 0) is 4.79 Å². The lowest BCUT2D eigenvalue weighted by molar-refractivity contribution is -0.118. The van der Waals surface area contributed by atoms with E-state index in [9.17, 15) is 9.90 Å². The van der Waals surface area contributed by atoms with Crippen LogP contribution >= 0.6 is 0 Å². The van der Waals surface area contributed by atoms with Gasteiger partial charge in [-0.3, -0.25) is 4.79 Å². The summed E-state index contributed by atoms with van der Waals surface area (Å²) in [5.41, 5.74) is 0.529. The highest BCUT2D eigenvalue weighted by molar-refractivity contribution is 5.90. The summed E-state index contributed by atoms with van der Waals surface area (Å²) < 4.78 is 0. The molecule has 0 saturated heterocycles. The number of rotatable bonds is 5. The highest BCUT2D eigenvalue weighted by Crippen LogP contribution is 2.10. The van der Waals surface area contributed by atoms with Gasteiger partial charge in [-0.1, -0.05) is 13.8 Å². The van der Waals surface area contributed by atoms with Crippen molar-refractivity contribution in [2.45, 2.75) is 26.4 Å². The Kier molecular flexibility index (Phi) is 5.03. The van der Waals surface area contributed by atoms with E-state index in [4.69, 9.17) is 0 Å². The molecule has 2 N–H and O–H groups in total. The number of hydrogen-bond donors (Lipinski definition) is 2. The molecule has 0 radical (unpaired) electrons. The van der Waals surface area contributed by atoms with Gasteiger partial charge in [0.1, 0.15) is 0 Å². The summed E-state index contributed by atoms with van der Waals surface area (Å²) in [6.07, 6.45) is 2.53. The summed E-state index contributed by atoms with van der Waals surface area (Å²) in [7, 11) is 3.68. The number of anilines is 2. The molecule has 1 amide bonds. The first-order chi connectivity index (χ1) is 8.40. The second-order valence-electron chi connectivity index (χ2n) is 4.73. The monoisotopic (exact) mass is 252 g/mol. The van der Waals surface area contributed by atoms with Gasteiger partial charge in [-0.15, -0.1) is 0 Å². The molecule has 6 heteroatoms. The Morgan fingerprint density at radius 3 is 2.39 bits per heavy atom. The fraction of sp³-hybridized carbons (Fsp3) is 0.583. The minimum atomic E-state index is -0.632. The van der Waals surface area contributed by atoms with E-state index >= 15 is 0 Å². The van der Waals surface area contributed by atoms with Gasteiger partial charge in [0, 0.05) is 14.1 Å². The number of nitrogens with one attached hydrogen (secondary N) is 1. The Balaban J connectivity index is 2.54. The molecule has 0 aliphatic rings. The van der Waals surface area contributed by atoms with Crippen LogP contribution in [0.2, 0.25) is 0 Å². The average molecular weight is 252 g/mol. The third kappa shape index (κ3) is 4.29. The third-order valence-corrected chi connectivity index (χ3v) is 2.49. The first kappa shape index (κ1) is 14.4. The number of amides is 1. The lowest BCUT2D eigenvalue weighted by Crippen LogP contribution is -2.24. The van der Waals surface area contributed by atoms with Crippen molar-refractivity contribution in [1.29, 1.82) is 0 Å². The average Bonchev–Trinajstić information content (AvgIpc) is 2.29. The van der Waals surface area contributed by atoms with Gasteiger partial charge in [0.15, 0.2) is 0 Å². The molecule has 18 heavy (non-hydrogen) atoms. The van der Waals surface area contributed by atoms with Crippen LogP contribution in [0.25, 0.3) is 0 Å². The van der Waals surface area contributed by atoms with Crippen molar-refractivity contribution in [2.24, 2.45) is 5.92 Å². The molecule has 0 spiro atoms. The minimum Gasteiger partial charge on any atom is -0.392 e. The maximum absolute atomic E-state index is 11.6. The van der Waals surface area contributed by atoms with Gasteiger partial charge >= 0.3 is 0 Å². The van der Waals surface area contributed by atoms with Gasteiger partial charge in [-0.2, -0.15) is 0 Å². The van der Waals surface area contributed by atoms with Crippen LogP contribution < -0.4 is 10.2 Å². The molecule has 0 bridgehead atoms. The third-order valence-electron chi connectivity index (χ3n) is 2.49. The van der Waals surface area contributed by atoms with Crippen molar-refractivity contribution < 1.29 is 9.90 Å². The van der Waals surface area contributed by atoms with E-state index in [0.717, 1.165) is 0 Å². The largest absolute Gasteiger partial charge is 0.392 e. The zero-order valence-corrected chi connectivity index (χ0v) is 11.2. The number of aliphatic hydroxyl groups excluding tert-OH is 1. The molecular weight excluding hydrogens is 232 g/mol. The van der Waals surface area contributed by atoms with Crippen LogP contribution in [0, 0.1) is 5.92 Å². The summed E-state index contributed by atoms with van der Waals surface area (Å²) in [4.78, 5) is 21.5. The van der Waals surface area contributed by atoms with Gasteiger partial charge in [0.2, 0.25) is 11.9 Å². The van der Waals surface area contributed by atoms with Crippen molar-refractivity contribution in [3.63, 3.8) is 0 Å². The second-order valence-corrected chi connectivity index (χ2v) is 4.73. The van der Waals surface area contributed by atoms with Crippen LogP contribution in [0.3, 0.4) is 0 Å². The standard InChI is InChI=1S/C12H20N4O2/c1-8(2)10(17)5-11(18)15-9-6-13-12(14-7-9)16(3)4/h6-8,10,17H,5H2,1-4H3,(H,15,18). The molecule has 1 rings (SSSR count). The number of aromatic nitrogens is 2. The molecule has 1 unspecified atom stereocenters. The molecule has 0 fully saturated rings. The summed E-state index contributed by atoms with van der Waals surface area (Å²) in [5.74, 6) is 0.399. The maximum atomic E-state index is 11.6. The summed E-state index contributed by atoms with van der Waals surface area (Å²) in [6, 6.07) is 0. The van der Waals surface area contributed by atoms with E-state index in [1.807, 2.05) is 27.9 Å². The Bertz CT molecular complexity index is 390. The Hall–Kier alpha value is -1.69. The smallest absolute Gasteiger partial charge is 0.227 e. The Morgan fingerprint density at radius 1 is 1.39 bits per heavy atom. The lowest BCUT2D eigenvalue weighted by Gasteiger charge is -2.14. The van der Waals surface area contributed by atoms with Crippen LogP contribution in [0.15, 0.2) is 12.4 Å². The fourth-order valence-electron chi connectivity index (χ4n) is 1.25. The van der Waals surface area contributed by atoms with Crippen LogP contribution in [0.4, 0.5) is 11.6 Å². The second kappa shape index (κ2) is 6.30. The molecular formula is C12H20N4O2. The zero-order valence-electron chi connectivity index (χ0n) is 11.2. The molecule has 0 aromatic carbocycles. The number of carbonyl (C=O) groups is 1. The van der Waals surface area contributed by atoms with Gasteiger partial charge in [0.05, 0.1) is 30.6 Å². The van der Waals surface area contributed by atoms with Gasteiger partial charge in [-0.05, 0) is 5.92 Å². The van der Waals surface area contributed by atoms with E-state index in [1.165, 1.54) is 0 Å². The number of carbonyl (C=O) groups excluding carboxylic acids is 1. The fourth-order valence-corrected chi connectivity index (χ4v) is 1.25. The molecule has 1 heterocycles. The van der Waals surface area contributed by atoms with E-state index in [0.29, 0.717) is 11.6 Å². The predicted molar refractivity (Wildman–Crippen MR) is 70.5 cm³/mol. The molecule has 0 aliphatic carbocycles. The minimum absolute atomic E-state index is 0.0584. The highest BCUT2D eigenvalue weighted by Gasteiger charge is 2.14. The van der Waals surface area contributed by atoms with Gasteiger partial charge in [0.25, 0.3) is 0 Å². The molecule has 1 atom stereocenters. The van der Waals surface area contributed by atoms with Crippen LogP contribution in [-0.4, -0.2) is 41.2 Å². The molecule has 1 aromatic heterocycles. The highest BCUT2D eigenvalue weighted by atomic mass is 16.3. The normalized spacial score (nSPS) is 12.3. The van der Waals surface area contributed by atoms with E-state index in [1.54, 1.807) is 17.3 Å². The predicted octanol–water partition coefficient (Wildman–Crippen LogP) is 0.888. The van der Waals surface area contributed by atoms with Gasteiger partial charge in [-0.25, -0.2) is 9.97 Å². The van der Waals surface area contributed by atoms with E-state index in [2.05, 4.69) is 15.3 Å². The summed E-state index contributed by atoms with van der Waals surface area (Å²) in [6.45, 7) is 3.74.